The summed E-state index contributed by atoms with van der Waals surface area (Å²) in [6.07, 6.45) is 3.85. The molecule has 1 aliphatic heterocycles. The van der Waals surface area contributed by atoms with Crippen LogP contribution in [0.2, 0.25) is 5.15 Å². The standard InChI is InChI=1S/C15H18ClN3O2/c1-10(20)9-11-5-4-8-18(11)15(21)13-14(16)17-12-6-2-3-7-19(12)13/h2-3,6-7,10-11,20H,4-5,8-9H2,1H3. The second kappa shape index (κ2) is 5.66. The summed E-state index contributed by atoms with van der Waals surface area (Å²) in [5, 5.41) is 9.82. The Bertz CT molecular complexity index is 668. The van der Waals surface area contributed by atoms with E-state index in [1.54, 1.807) is 17.5 Å². The highest BCUT2D eigenvalue weighted by molar-refractivity contribution is 6.32. The van der Waals surface area contributed by atoms with Crippen molar-refractivity contribution in [3.63, 3.8) is 0 Å². The van der Waals surface area contributed by atoms with Gasteiger partial charge in [0.25, 0.3) is 5.91 Å². The lowest BCUT2D eigenvalue weighted by Gasteiger charge is -2.25. The molecule has 1 N–H and O–H groups in total. The third-order valence-electron chi connectivity index (χ3n) is 3.94. The molecule has 112 valence electrons. The minimum absolute atomic E-state index is 0.0721. The summed E-state index contributed by atoms with van der Waals surface area (Å²) in [6.45, 7) is 2.45. The van der Waals surface area contributed by atoms with Crippen molar-refractivity contribution in [3.8, 4) is 0 Å². The van der Waals surface area contributed by atoms with E-state index < -0.39 is 6.10 Å². The van der Waals surface area contributed by atoms with Gasteiger partial charge in [0, 0.05) is 18.8 Å². The van der Waals surface area contributed by atoms with Gasteiger partial charge in [-0.2, -0.15) is 0 Å². The largest absolute Gasteiger partial charge is 0.393 e. The van der Waals surface area contributed by atoms with Gasteiger partial charge in [0.2, 0.25) is 0 Å². The van der Waals surface area contributed by atoms with E-state index in [4.69, 9.17) is 11.6 Å². The van der Waals surface area contributed by atoms with Gasteiger partial charge in [0.05, 0.1) is 6.10 Å². The first-order chi connectivity index (χ1) is 10.1. The zero-order chi connectivity index (χ0) is 15.0. The van der Waals surface area contributed by atoms with Gasteiger partial charge in [0.1, 0.15) is 5.65 Å². The predicted molar refractivity (Wildman–Crippen MR) is 80.6 cm³/mol. The number of amides is 1. The Morgan fingerprint density at radius 2 is 2.38 bits per heavy atom. The van der Waals surface area contributed by atoms with Crippen LogP contribution >= 0.6 is 11.6 Å². The van der Waals surface area contributed by atoms with Crippen LogP contribution in [-0.4, -0.2) is 44.0 Å². The molecule has 1 saturated heterocycles. The van der Waals surface area contributed by atoms with Crippen LogP contribution in [0.3, 0.4) is 0 Å². The molecule has 2 aromatic heterocycles. The topological polar surface area (TPSA) is 57.8 Å². The molecule has 0 spiro atoms. The maximum atomic E-state index is 12.8. The van der Waals surface area contributed by atoms with Crippen molar-refractivity contribution in [2.45, 2.75) is 38.3 Å². The van der Waals surface area contributed by atoms with Gasteiger partial charge < -0.3 is 10.0 Å². The molecule has 3 heterocycles. The van der Waals surface area contributed by atoms with Gasteiger partial charge >= 0.3 is 0 Å². The first-order valence-corrected chi connectivity index (χ1v) is 7.57. The lowest BCUT2D eigenvalue weighted by molar-refractivity contribution is 0.0675. The van der Waals surface area contributed by atoms with Crippen molar-refractivity contribution in [1.82, 2.24) is 14.3 Å². The fraction of sp³-hybridized carbons (Fsp3) is 0.467. The maximum Gasteiger partial charge on any atom is 0.274 e. The lowest BCUT2D eigenvalue weighted by Crippen LogP contribution is -2.37. The Morgan fingerprint density at radius 1 is 1.57 bits per heavy atom. The van der Waals surface area contributed by atoms with Crippen LogP contribution in [0.1, 0.15) is 36.7 Å². The Kier molecular flexibility index (Phi) is 3.87. The summed E-state index contributed by atoms with van der Waals surface area (Å²) in [4.78, 5) is 18.9. The quantitative estimate of drug-likeness (QED) is 0.947. The van der Waals surface area contributed by atoms with E-state index in [-0.39, 0.29) is 17.1 Å². The third kappa shape index (κ3) is 2.63. The number of aliphatic hydroxyl groups is 1. The van der Waals surface area contributed by atoms with Crippen LogP contribution < -0.4 is 0 Å². The highest BCUT2D eigenvalue weighted by Gasteiger charge is 2.33. The number of pyridine rings is 1. The average Bonchev–Trinajstić information content (AvgIpc) is 3.00. The number of halogens is 1. The summed E-state index contributed by atoms with van der Waals surface area (Å²) < 4.78 is 1.72. The van der Waals surface area contributed by atoms with E-state index in [2.05, 4.69) is 4.98 Å². The van der Waals surface area contributed by atoms with Gasteiger partial charge in [-0.25, -0.2) is 4.98 Å². The zero-order valence-corrected chi connectivity index (χ0v) is 12.6. The van der Waals surface area contributed by atoms with Gasteiger partial charge in [-0.05, 0) is 38.3 Å². The Hall–Kier alpha value is -1.59. The van der Waals surface area contributed by atoms with Crippen molar-refractivity contribution >= 4 is 23.2 Å². The molecule has 1 aliphatic rings. The Morgan fingerprint density at radius 3 is 3.14 bits per heavy atom. The Balaban J connectivity index is 1.95. The number of carbonyl (C=O) groups excluding carboxylic acids is 1. The van der Waals surface area contributed by atoms with Gasteiger partial charge in [-0.3, -0.25) is 9.20 Å². The molecule has 0 radical (unpaired) electrons. The fourth-order valence-electron chi connectivity index (χ4n) is 3.04. The summed E-state index contributed by atoms with van der Waals surface area (Å²) in [5.74, 6) is -0.109. The van der Waals surface area contributed by atoms with Crippen molar-refractivity contribution in [2.75, 3.05) is 6.54 Å². The minimum Gasteiger partial charge on any atom is -0.393 e. The third-order valence-corrected chi connectivity index (χ3v) is 4.20. The van der Waals surface area contributed by atoms with Gasteiger partial charge in [0.15, 0.2) is 10.8 Å². The van der Waals surface area contributed by atoms with E-state index in [0.717, 1.165) is 12.8 Å². The smallest absolute Gasteiger partial charge is 0.274 e. The normalized spacial score (nSPS) is 20.1. The number of likely N-dealkylation sites (tertiary alicyclic amines) is 1. The molecule has 2 atom stereocenters. The van der Waals surface area contributed by atoms with E-state index in [0.29, 0.717) is 24.3 Å². The molecular formula is C15H18ClN3O2. The number of aromatic nitrogens is 2. The predicted octanol–water partition coefficient (Wildman–Crippen LogP) is 2.36. The number of nitrogens with zero attached hydrogens (tertiary/aromatic N) is 3. The Labute approximate surface area is 128 Å². The first-order valence-electron chi connectivity index (χ1n) is 7.19. The number of aliphatic hydroxyl groups excluding tert-OH is 1. The zero-order valence-electron chi connectivity index (χ0n) is 11.9. The van der Waals surface area contributed by atoms with Crippen molar-refractivity contribution in [1.29, 1.82) is 0 Å². The average molecular weight is 308 g/mol. The number of imidazole rings is 1. The molecule has 1 fully saturated rings. The van der Waals surface area contributed by atoms with Crippen LogP contribution in [0.25, 0.3) is 5.65 Å². The molecule has 1 amide bonds. The maximum absolute atomic E-state index is 12.8. The summed E-state index contributed by atoms with van der Waals surface area (Å²) in [6, 6.07) is 5.60. The molecule has 21 heavy (non-hydrogen) atoms. The van der Waals surface area contributed by atoms with Crippen LogP contribution in [0.4, 0.5) is 0 Å². The SMILES string of the molecule is CC(O)CC1CCCN1C(=O)c1c(Cl)nc2ccccn12. The molecule has 0 aromatic carbocycles. The molecule has 0 bridgehead atoms. The number of hydrogen-bond donors (Lipinski definition) is 1. The molecule has 5 nitrogen and oxygen atoms in total. The molecule has 2 unspecified atom stereocenters. The van der Waals surface area contributed by atoms with Crippen LogP contribution in [0.5, 0.6) is 0 Å². The fourth-order valence-corrected chi connectivity index (χ4v) is 3.29. The summed E-state index contributed by atoms with van der Waals surface area (Å²) >= 11 is 6.17. The molecule has 6 heteroatoms. The second-order valence-electron chi connectivity index (χ2n) is 5.56. The number of fused-ring (bicyclic) bond motifs is 1. The van der Waals surface area contributed by atoms with Crippen molar-refractivity contribution < 1.29 is 9.90 Å². The molecule has 3 rings (SSSR count). The van der Waals surface area contributed by atoms with E-state index >= 15 is 0 Å². The summed E-state index contributed by atoms with van der Waals surface area (Å²) in [7, 11) is 0. The molecule has 0 saturated carbocycles. The van der Waals surface area contributed by atoms with Crippen LogP contribution in [0, 0.1) is 0 Å². The first kappa shape index (κ1) is 14.4. The number of rotatable bonds is 3. The van der Waals surface area contributed by atoms with Crippen LogP contribution in [-0.2, 0) is 0 Å². The van der Waals surface area contributed by atoms with E-state index in [1.165, 1.54) is 0 Å². The molecule has 2 aromatic rings. The molecular weight excluding hydrogens is 290 g/mol. The lowest BCUT2D eigenvalue weighted by atomic mass is 10.1. The monoisotopic (exact) mass is 307 g/mol. The highest BCUT2D eigenvalue weighted by atomic mass is 35.5. The second-order valence-corrected chi connectivity index (χ2v) is 5.92. The van der Waals surface area contributed by atoms with Crippen LogP contribution in [0.15, 0.2) is 24.4 Å². The molecule has 0 aliphatic carbocycles. The number of hydrogen-bond acceptors (Lipinski definition) is 3. The van der Waals surface area contributed by atoms with Crippen molar-refractivity contribution in [3.05, 3.63) is 35.2 Å². The minimum atomic E-state index is -0.416. The van der Waals surface area contributed by atoms with Crippen molar-refractivity contribution in [2.24, 2.45) is 0 Å². The highest BCUT2D eigenvalue weighted by Crippen LogP contribution is 2.26. The van der Waals surface area contributed by atoms with Gasteiger partial charge in [-0.1, -0.05) is 17.7 Å². The van der Waals surface area contributed by atoms with Gasteiger partial charge in [-0.15, -0.1) is 0 Å². The van der Waals surface area contributed by atoms with E-state index in [1.807, 2.05) is 23.1 Å². The van der Waals surface area contributed by atoms with E-state index in [9.17, 15) is 9.90 Å². The summed E-state index contributed by atoms with van der Waals surface area (Å²) in [5.41, 5.74) is 1.07. The number of carbonyl (C=O) groups is 1.